The molecule has 0 aliphatic heterocycles. The molecule has 2 aromatic rings. The van der Waals surface area contributed by atoms with Crippen LogP contribution in [0.2, 0.25) is 0 Å². The van der Waals surface area contributed by atoms with Crippen molar-refractivity contribution in [2.45, 2.75) is 26.8 Å². The van der Waals surface area contributed by atoms with E-state index in [2.05, 4.69) is 45.0 Å². The average molecular weight is 302 g/mol. The van der Waals surface area contributed by atoms with Gasteiger partial charge in [0.2, 0.25) is 0 Å². The molecule has 2 N–H and O–H groups in total. The lowest BCUT2D eigenvalue weighted by Crippen LogP contribution is -2.38. The lowest BCUT2D eigenvalue weighted by atomic mass is 10.2. The zero-order valence-corrected chi connectivity index (χ0v) is 13.4. The minimum Gasteiger partial charge on any atom is -0.357 e. The van der Waals surface area contributed by atoms with Crippen molar-refractivity contribution in [3.8, 4) is 0 Å². The molecule has 0 saturated heterocycles. The maximum Gasteiger partial charge on any atom is 0.191 e. The molecule has 4 nitrogen and oxygen atoms in total. The molecule has 0 amide bonds. The molecule has 5 heteroatoms. The van der Waals surface area contributed by atoms with Gasteiger partial charge in [0.15, 0.2) is 5.96 Å². The highest BCUT2D eigenvalue weighted by Gasteiger charge is 2.00. The van der Waals surface area contributed by atoms with Crippen molar-refractivity contribution in [1.82, 2.24) is 15.6 Å². The lowest BCUT2D eigenvalue weighted by Gasteiger charge is -2.10. The molecule has 2 rings (SSSR count). The number of nitrogens with one attached hydrogen (secondary N) is 2. The Hall–Kier alpha value is -1.88. The zero-order valence-electron chi connectivity index (χ0n) is 12.6. The van der Waals surface area contributed by atoms with Gasteiger partial charge in [-0.1, -0.05) is 30.3 Å². The van der Waals surface area contributed by atoms with Crippen LogP contribution in [0.3, 0.4) is 0 Å². The van der Waals surface area contributed by atoms with Crippen LogP contribution < -0.4 is 10.6 Å². The number of nitrogens with zero attached hydrogens (tertiary/aromatic N) is 2. The van der Waals surface area contributed by atoms with E-state index in [4.69, 9.17) is 0 Å². The van der Waals surface area contributed by atoms with Gasteiger partial charge in [0, 0.05) is 24.9 Å². The summed E-state index contributed by atoms with van der Waals surface area (Å²) in [5.74, 6) is 0.855. The smallest absolute Gasteiger partial charge is 0.191 e. The number of hydrogen-bond donors (Lipinski definition) is 2. The van der Waals surface area contributed by atoms with Crippen molar-refractivity contribution in [3.05, 3.63) is 52.0 Å². The highest BCUT2D eigenvalue weighted by molar-refractivity contribution is 7.09. The van der Waals surface area contributed by atoms with Crippen molar-refractivity contribution in [2.75, 3.05) is 13.1 Å². The lowest BCUT2D eigenvalue weighted by molar-refractivity contribution is 0.790. The van der Waals surface area contributed by atoms with Gasteiger partial charge in [-0.05, 0) is 19.4 Å². The second-order valence-electron chi connectivity index (χ2n) is 4.72. The van der Waals surface area contributed by atoms with E-state index in [1.54, 1.807) is 11.3 Å². The number of guanidine groups is 1. The van der Waals surface area contributed by atoms with E-state index in [0.29, 0.717) is 6.54 Å². The van der Waals surface area contributed by atoms with E-state index in [-0.39, 0.29) is 0 Å². The molecule has 0 spiro atoms. The number of benzene rings is 1. The SMILES string of the molecule is CCNC(=NCc1ccccc1)NCCc1csc(C)n1. The second-order valence-corrected chi connectivity index (χ2v) is 5.78. The molecular weight excluding hydrogens is 280 g/mol. The standard InChI is InChI=1S/C16H22N4S/c1-3-17-16(19-11-14-7-5-4-6-8-14)18-10-9-15-12-21-13(2)20-15/h4-8,12H,3,9-11H2,1-2H3,(H2,17,18,19). The molecule has 1 aromatic heterocycles. The third kappa shape index (κ3) is 5.55. The maximum atomic E-state index is 4.60. The fraction of sp³-hybridized carbons (Fsp3) is 0.375. The van der Waals surface area contributed by atoms with Crippen LogP contribution >= 0.6 is 11.3 Å². The first-order valence-corrected chi connectivity index (χ1v) is 8.13. The predicted octanol–water partition coefficient (Wildman–Crippen LogP) is 2.75. The summed E-state index contributed by atoms with van der Waals surface area (Å²) in [6.45, 7) is 6.49. The quantitative estimate of drug-likeness (QED) is 0.637. The van der Waals surface area contributed by atoms with Crippen LogP contribution in [0.15, 0.2) is 40.7 Å². The van der Waals surface area contributed by atoms with Crippen LogP contribution in [-0.2, 0) is 13.0 Å². The molecule has 0 saturated carbocycles. The van der Waals surface area contributed by atoms with Gasteiger partial charge < -0.3 is 10.6 Å². The molecule has 0 aliphatic carbocycles. The van der Waals surface area contributed by atoms with Gasteiger partial charge in [-0.25, -0.2) is 9.98 Å². The molecular formula is C16H22N4S. The molecule has 1 aromatic carbocycles. The third-order valence-corrected chi connectivity index (χ3v) is 3.77. The average Bonchev–Trinajstić information content (AvgIpc) is 2.91. The topological polar surface area (TPSA) is 49.3 Å². The van der Waals surface area contributed by atoms with E-state index in [1.807, 2.05) is 25.1 Å². The van der Waals surface area contributed by atoms with Gasteiger partial charge in [-0.3, -0.25) is 0 Å². The molecule has 0 fully saturated rings. The molecule has 0 atom stereocenters. The minimum atomic E-state index is 0.686. The van der Waals surface area contributed by atoms with E-state index < -0.39 is 0 Å². The van der Waals surface area contributed by atoms with Crippen LogP contribution in [0.5, 0.6) is 0 Å². The maximum absolute atomic E-state index is 4.60. The van der Waals surface area contributed by atoms with Crippen molar-refractivity contribution >= 4 is 17.3 Å². The first-order valence-electron chi connectivity index (χ1n) is 7.25. The Bertz CT molecular complexity index is 563. The molecule has 0 aliphatic rings. The zero-order chi connectivity index (χ0) is 14.9. The monoisotopic (exact) mass is 302 g/mol. The summed E-state index contributed by atoms with van der Waals surface area (Å²) in [4.78, 5) is 9.06. The van der Waals surface area contributed by atoms with E-state index >= 15 is 0 Å². The van der Waals surface area contributed by atoms with Crippen LogP contribution in [0.4, 0.5) is 0 Å². The van der Waals surface area contributed by atoms with Gasteiger partial charge in [0.05, 0.1) is 17.2 Å². The van der Waals surface area contributed by atoms with E-state index in [9.17, 15) is 0 Å². The van der Waals surface area contributed by atoms with Crippen molar-refractivity contribution < 1.29 is 0 Å². The molecule has 0 radical (unpaired) electrons. The van der Waals surface area contributed by atoms with Gasteiger partial charge in [0.1, 0.15) is 0 Å². The highest BCUT2D eigenvalue weighted by Crippen LogP contribution is 2.07. The summed E-state index contributed by atoms with van der Waals surface area (Å²) in [5.41, 5.74) is 2.36. The second kappa shape index (κ2) is 8.42. The number of aromatic nitrogens is 1. The fourth-order valence-electron chi connectivity index (χ4n) is 1.93. The molecule has 21 heavy (non-hydrogen) atoms. The Kier molecular flexibility index (Phi) is 6.22. The van der Waals surface area contributed by atoms with Gasteiger partial charge in [-0.2, -0.15) is 0 Å². The highest BCUT2D eigenvalue weighted by atomic mass is 32.1. The van der Waals surface area contributed by atoms with E-state index in [1.165, 1.54) is 5.56 Å². The summed E-state index contributed by atoms with van der Waals surface area (Å²) in [7, 11) is 0. The Morgan fingerprint density at radius 1 is 1.24 bits per heavy atom. The summed E-state index contributed by atoms with van der Waals surface area (Å²) >= 11 is 1.70. The normalized spacial score (nSPS) is 11.4. The molecule has 0 unspecified atom stereocenters. The number of rotatable bonds is 6. The summed E-state index contributed by atoms with van der Waals surface area (Å²) in [6, 6.07) is 10.3. The molecule has 1 heterocycles. The summed E-state index contributed by atoms with van der Waals surface area (Å²) in [6.07, 6.45) is 0.917. The molecule has 112 valence electrons. The Balaban J connectivity index is 1.83. The van der Waals surface area contributed by atoms with Crippen LogP contribution in [0, 0.1) is 6.92 Å². The van der Waals surface area contributed by atoms with Gasteiger partial charge in [-0.15, -0.1) is 11.3 Å². The predicted molar refractivity (Wildman–Crippen MR) is 89.8 cm³/mol. The number of thiazole rings is 1. The first-order chi connectivity index (χ1) is 10.3. The number of hydrogen-bond acceptors (Lipinski definition) is 3. The van der Waals surface area contributed by atoms with Crippen LogP contribution in [0.1, 0.15) is 23.2 Å². The molecule has 0 bridgehead atoms. The Morgan fingerprint density at radius 3 is 2.71 bits per heavy atom. The summed E-state index contributed by atoms with van der Waals surface area (Å²) < 4.78 is 0. The van der Waals surface area contributed by atoms with Crippen molar-refractivity contribution in [2.24, 2.45) is 4.99 Å². The summed E-state index contributed by atoms with van der Waals surface area (Å²) in [5, 5.41) is 9.85. The first kappa shape index (κ1) is 15.5. The Labute approximate surface area is 130 Å². The number of aliphatic imine (C=N–C) groups is 1. The van der Waals surface area contributed by atoms with E-state index in [0.717, 1.165) is 36.2 Å². The van der Waals surface area contributed by atoms with Crippen molar-refractivity contribution in [3.63, 3.8) is 0 Å². The van der Waals surface area contributed by atoms with Crippen LogP contribution in [0.25, 0.3) is 0 Å². The minimum absolute atomic E-state index is 0.686. The fourth-order valence-corrected chi connectivity index (χ4v) is 2.57. The van der Waals surface area contributed by atoms with Gasteiger partial charge >= 0.3 is 0 Å². The third-order valence-electron chi connectivity index (χ3n) is 2.95. The van der Waals surface area contributed by atoms with Gasteiger partial charge in [0.25, 0.3) is 0 Å². The largest absolute Gasteiger partial charge is 0.357 e. The Morgan fingerprint density at radius 2 is 2.05 bits per heavy atom. The van der Waals surface area contributed by atoms with Crippen molar-refractivity contribution in [1.29, 1.82) is 0 Å². The van der Waals surface area contributed by atoms with Crippen LogP contribution in [-0.4, -0.2) is 24.0 Å². The number of aryl methyl sites for hydroxylation is 1.